The minimum absolute atomic E-state index is 0.170. The molecule has 0 aliphatic carbocycles. The van der Waals surface area contributed by atoms with Gasteiger partial charge in [-0.1, -0.05) is 26.1 Å². The normalized spacial score (nSPS) is 12.6. The number of alkyl carbamates (subject to hydrolysis) is 1. The van der Waals surface area contributed by atoms with Crippen LogP contribution in [0.25, 0.3) is 0 Å². The van der Waals surface area contributed by atoms with E-state index in [-0.39, 0.29) is 23.9 Å². The van der Waals surface area contributed by atoms with Crippen molar-refractivity contribution in [3.8, 4) is 0 Å². The lowest BCUT2D eigenvalue weighted by molar-refractivity contribution is -0.147. The van der Waals surface area contributed by atoms with Crippen LogP contribution in [0.15, 0.2) is 5.38 Å². The van der Waals surface area contributed by atoms with Gasteiger partial charge in [0, 0.05) is 11.8 Å². The summed E-state index contributed by atoms with van der Waals surface area (Å²) in [6.07, 6.45) is -0.520. The molecule has 7 nitrogen and oxygen atoms in total. The zero-order valence-electron chi connectivity index (χ0n) is 15.1. The number of nitrogens with two attached hydrogens (primary N) is 1. The Hall–Kier alpha value is -1.74. The third kappa shape index (κ3) is 8.26. The number of ether oxygens (including phenoxy) is 2. The van der Waals surface area contributed by atoms with Gasteiger partial charge >= 0.3 is 12.1 Å². The standard InChI is InChI=1S/C16H25N3O4S2/c1-9(2)7-22-14(20)10(19-15(21)23-16(3,4)5)6-12-18-11(8-25-12)13(17)24/h8-10H,6-7H2,1-5H3,(H2,17,24)(H,19,21)/t10-/m0/s1. The predicted molar refractivity (Wildman–Crippen MR) is 101 cm³/mol. The molecule has 0 aliphatic heterocycles. The second-order valence-corrected chi connectivity index (χ2v) is 8.30. The van der Waals surface area contributed by atoms with Crippen LogP contribution in [-0.4, -0.2) is 40.3 Å². The van der Waals surface area contributed by atoms with E-state index in [1.54, 1.807) is 26.2 Å². The van der Waals surface area contributed by atoms with Crippen molar-refractivity contribution in [2.45, 2.75) is 52.7 Å². The van der Waals surface area contributed by atoms with E-state index in [0.717, 1.165) is 0 Å². The summed E-state index contributed by atoms with van der Waals surface area (Å²) in [6.45, 7) is 9.36. The minimum atomic E-state index is -0.904. The highest BCUT2D eigenvalue weighted by atomic mass is 32.1. The lowest BCUT2D eigenvalue weighted by atomic mass is 10.2. The number of rotatable bonds is 7. The van der Waals surface area contributed by atoms with E-state index in [1.807, 2.05) is 13.8 Å². The van der Waals surface area contributed by atoms with Gasteiger partial charge in [-0.25, -0.2) is 14.6 Å². The van der Waals surface area contributed by atoms with Crippen LogP contribution in [0, 0.1) is 5.92 Å². The molecule has 1 aromatic rings. The zero-order chi connectivity index (χ0) is 19.2. The molecule has 0 bridgehead atoms. The van der Waals surface area contributed by atoms with E-state index in [9.17, 15) is 9.59 Å². The van der Waals surface area contributed by atoms with Crippen LogP contribution in [0.5, 0.6) is 0 Å². The maximum atomic E-state index is 12.3. The third-order valence-corrected chi connectivity index (χ3v) is 3.80. The van der Waals surface area contributed by atoms with Gasteiger partial charge in [-0.2, -0.15) is 0 Å². The number of hydrogen-bond acceptors (Lipinski definition) is 7. The summed E-state index contributed by atoms with van der Waals surface area (Å²) in [5.74, 6) is -0.348. The van der Waals surface area contributed by atoms with Gasteiger partial charge in [0.15, 0.2) is 0 Å². The summed E-state index contributed by atoms with van der Waals surface area (Å²) >= 11 is 6.19. The van der Waals surface area contributed by atoms with Gasteiger partial charge in [-0.05, 0) is 26.7 Å². The van der Waals surface area contributed by atoms with Crippen molar-refractivity contribution in [2.75, 3.05) is 6.61 Å². The van der Waals surface area contributed by atoms with Crippen molar-refractivity contribution in [3.05, 3.63) is 16.1 Å². The van der Waals surface area contributed by atoms with Gasteiger partial charge in [0.1, 0.15) is 22.3 Å². The molecule has 0 saturated carbocycles. The molecule has 0 saturated heterocycles. The Bertz CT molecular complexity index is 623. The van der Waals surface area contributed by atoms with E-state index in [2.05, 4.69) is 10.3 Å². The number of hydrogen-bond donors (Lipinski definition) is 2. The number of amides is 1. The number of nitrogens with zero attached hydrogens (tertiary/aromatic N) is 1. The zero-order valence-corrected chi connectivity index (χ0v) is 16.8. The first-order valence-corrected chi connectivity index (χ1v) is 9.17. The molecule has 1 aromatic heterocycles. The molecular formula is C16H25N3O4S2. The molecule has 0 radical (unpaired) electrons. The van der Waals surface area contributed by atoms with Gasteiger partial charge in [-0.15, -0.1) is 11.3 Å². The first-order chi connectivity index (χ1) is 11.5. The predicted octanol–water partition coefficient (Wildman–Crippen LogP) is 2.41. The largest absolute Gasteiger partial charge is 0.464 e. The van der Waals surface area contributed by atoms with Gasteiger partial charge < -0.3 is 20.5 Å². The highest BCUT2D eigenvalue weighted by Gasteiger charge is 2.27. The topological polar surface area (TPSA) is 104 Å². The average Bonchev–Trinajstić information content (AvgIpc) is 2.90. The fourth-order valence-corrected chi connectivity index (χ4v) is 2.71. The van der Waals surface area contributed by atoms with Gasteiger partial charge in [-0.3, -0.25) is 0 Å². The maximum Gasteiger partial charge on any atom is 0.408 e. The highest BCUT2D eigenvalue weighted by molar-refractivity contribution is 7.80. The van der Waals surface area contributed by atoms with Crippen molar-refractivity contribution in [2.24, 2.45) is 11.7 Å². The quantitative estimate of drug-likeness (QED) is 0.547. The minimum Gasteiger partial charge on any atom is -0.464 e. The summed E-state index contributed by atoms with van der Waals surface area (Å²) < 4.78 is 10.4. The maximum absolute atomic E-state index is 12.3. The fourth-order valence-electron chi connectivity index (χ4n) is 1.68. The van der Waals surface area contributed by atoms with Gasteiger partial charge in [0.2, 0.25) is 0 Å². The van der Waals surface area contributed by atoms with E-state index in [1.165, 1.54) is 11.3 Å². The molecule has 0 fully saturated rings. The summed E-state index contributed by atoms with van der Waals surface area (Å²) in [5, 5.41) is 4.88. The Balaban J connectivity index is 2.83. The summed E-state index contributed by atoms with van der Waals surface area (Å²) in [5.41, 5.74) is 5.36. The molecule has 0 unspecified atom stereocenters. The Morgan fingerprint density at radius 1 is 1.40 bits per heavy atom. The molecule has 0 aliphatic rings. The lowest BCUT2D eigenvalue weighted by Crippen LogP contribution is -2.45. The van der Waals surface area contributed by atoms with Crippen molar-refractivity contribution in [1.82, 2.24) is 10.3 Å². The second-order valence-electron chi connectivity index (χ2n) is 6.92. The number of carbonyl (C=O) groups excluding carboxylic acids is 2. The fraction of sp³-hybridized carbons (Fsp3) is 0.625. The van der Waals surface area contributed by atoms with Gasteiger partial charge in [0.25, 0.3) is 0 Å². The Morgan fingerprint density at radius 2 is 2.04 bits per heavy atom. The second kappa shape index (κ2) is 9.10. The van der Waals surface area contributed by atoms with Crippen LogP contribution in [-0.2, 0) is 20.7 Å². The molecule has 3 N–H and O–H groups in total. The van der Waals surface area contributed by atoms with Gasteiger partial charge in [0.05, 0.1) is 11.6 Å². The molecular weight excluding hydrogens is 362 g/mol. The van der Waals surface area contributed by atoms with Crippen LogP contribution >= 0.6 is 23.6 Å². The molecule has 0 spiro atoms. The van der Waals surface area contributed by atoms with Crippen molar-refractivity contribution in [3.63, 3.8) is 0 Å². The van der Waals surface area contributed by atoms with Crippen molar-refractivity contribution in [1.29, 1.82) is 0 Å². The smallest absolute Gasteiger partial charge is 0.408 e. The molecule has 1 atom stereocenters. The van der Waals surface area contributed by atoms with E-state index in [4.69, 9.17) is 27.4 Å². The number of thiazole rings is 1. The Kier molecular flexibility index (Phi) is 7.75. The number of nitrogens with one attached hydrogen (secondary N) is 1. The highest BCUT2D eigenvalue weighted by Crippen LogP contribution is 2.14. The Morgan fingerprint density at radius 3 is 2.52 bits per heavy atom. The monoisotopic (exact) mass is 387 g/mol. The average molecular weight is 388 g/mol. The van der Waals surface area contributed by atoms with Crippen molar-refractivity contribution < 1.29 is 19.1 Å². The van der Waals surface area contributed by atoms with Crippen LogP contribution < -0.4 is 11.1 Å². The summed E-state index contributed by atoms with van der Waals surface area (Å²) in [7, 11) is 0. The lowest BCUT2D eigenvalue weighted by Gasteiger charge is -2.22. The Labute approximate surface area is 157 Å². The number of esters is 1. The van der Waals surface area contributed by atoms with Crippen LogP contribution in [0.4, 0.5) is 4.79 Å². The van der Waals surface area contributed by atoms with E-state index < -0.39 is 23.7 Å². The number of aromatic nitrogens is 1. The summed E-state index contributed by atoms with van der Waals surface area (Å²) in [6, 6.07) is -0.904. The number of carbonyl (C=O) groups is 2. The molecule has 1 rings (SSSR count). The first-order valence-electron chi connectivity index (χ1n) is 7.88. The SMILES string of the molecule is CC(C)COC(=O)[C@H](Cc1nc(C(N)=S)cs1)NC(=O)OC(C)(C)C. The van der Waals surface area contributed by atoms with Crippen LogP contribution in [0.2, 0.25) is 0 Å². The molecule has 1 amide bonds. The molecule has 1 heterocycles. The number of thiocarbonyl (C=S) groups is 1. The molecule has 25 heavy (non-hydrogen) atoms. The van der Waals surface area contributed by atoms with E-state index >= 15 is 0 Å². The first kappa shape index (κ1) is 21.3. The molecule has 0 aromatic carbocycles. The molecule has 9 heteroatoms. The van der Waals surface area contributed by atoms with Crippen molar-refractivity contribution >= 4 is 40.6 Å². The summed E-state index contributed by atoms with van der Waals surface area (Å²) in [4.78, 5) is 28.8. The molecule has 140 valence electrons. The van der Waals surface area contributed by atoms with E-state index in [0.29, 0.717) is 10.7 Å². The van der Waals surface area contributed by atoms with Crippen LogP contribution in [0.3, 0.4) is 0 Å². The van der Waals surface area contributed by atoms with Crippen LogP contribution in [0.1, 0.15) is 45.3 Å². The third-order valence-electron chi connectivity index (χ3n) is 2.72.